The Kier molecular flexibility index (Phi) is 5.40. The molecule has 0 aromatic heterocycles. The van der Waals surface area contributed by atoms with E-state index in [1.54, 1.807) is 0 Å². The zero-order valence-corrected chi connectivity index (χ0v) is 17.3. The topological polar surface area (TPSA) is 51.1 Å². The number of ether oxygens (including phenoxy) is 2. The Morgan fingerprint density at radius 1 is 0.871 bits per heavy atom. The lowest BCUT2D eigenvalue weighted by Gasteiger charge is -2.25. The van der Waals surface area contributed by atoms with Gasteiger partial charge in [-0.25, -0.2) is 0 Å². The van der Waals surface area contributed by atoms with Gasteiger partial charge in [0.05, 0.1) is 12.1 Å². The normalized spacial score (nSPS) is 14.0. The van der Waals surface area contributed by atoms with Crippen molar-refractivity contribution >= 4 is 11.6 Å². The van der Waals surface area contributed by atoms with Gasteiger partial charge < -0.3 is 14.4 Å². The van der Waals surface area contributed by atoms with Gasteiger partial charge in [0.1, 0.15) is 0 Å². The van der Waals surface area contributed by atoms with E-state index in [2.05, 4.69) is 24.3 Å². The highest BCUT2D eigenvalue weighted by Crippen LogP contribution is 2.36. The van der Waals surface area contributed by atoms with Gasteiger partial charge in [-0.15, -0.1) is 0 Å². The number of fused-ring (bicyclic) bond motifs is 2. The average Bonchev–Trinajstić information content (AvgIpc) is 3.26. The molecular formula is C26H24N2O3. The Hall–Kier alpha value is -3.60. The van der Waals surface area contributed by atoms with E-state index >= 15 is 0 Å². The fourth-order valence-corrected chi connectivity index (χ4v) is 4.10. The summed E-state index contributed by atoms with van der Waals surface area (Å²) < 4.78 is 11.1. The first-order valence-corrected chi connectivity index (χ1v) is 10.6. The van der Waals surface area contributed by atoms with Gasteiger partial charge in [-0.3, -0.25) is 9.79 Å². The molecule has 0 fully saturated rings. The summed E-state index contributed by atoms with van der Waals surface area (Å²) in [6, 6.07) is 24.2. The summed E-state index contributed by atoms with van der Waals surface area (Å²) in [7, 11) is 0. The molecule has 2 heterocycles. The molecule has 31 heavy (non-hydrogen) atoms. The largest absolute Gasteiger partial charge is 0.454 e. The van der Waals surface area contributed by atoms with E-state index in [1.165, 1.54) is 5.56 Å². The molecule has 3 aromatic rings. The molecule has 5 rings (SSSR count). The first-order chi connectivity index (χ1) is 15.3. The monoisotopic (exact) mass is 412 g/mol. The zero-order valence-electron chi connectivity index (χ0n) is 17.3. The Bertz CT molecular complexity index is 1070. The summed E-state index contributed by atoms with van der Waals surface area (Å²) in [6.45, 7) is 2.06. The summed E-state index contributed by atoms with van der Waals surface area (Å²) in [5, 5.41) is 0. The minimum atomic E-state index is 0.0666. The maximum Gasteiger partial charge on any atom is 0.231 e. The van der Waals surface area contributed by atoms with Crippen molar-refractivity contribution in [3.05, 3.63) is 95.1 Å². The molecule has 0 spiro atoms. The van der Waals surface area contributed by atoms with E-state index in [-0.39, 0.29) is 19.1 Å². The molecule has 2 aliphatic heterocycles. The lowest BCUT2D eigenvalue weighted by atomic mass is 9.94. The molecule has 0 aliphatic carbocycles. The second-order valence-corrected chi connectivity index (χ2v) is 7.84. The first-order valence-electron chi connectivity index (χ1n) is 10.6. The third-order valence-electron chi connectivity index (χ3n) is 5.70. The van der Waals surface area contributed by atoms with Crippen molar-refractivity contribution in [1.82, 2.24) is 4.90 Å². The predicted molar refractivity (Wildman–Crippen MR) is 119 cm³/mol. The quantitative estimate of drug-likeness (QED) is 0.604. The van der Waals surface area contributed by atoms with E-state index in [1.807, 2.05) is 53.4 Å². The van der Waals surface area contributed by atoms with Gasteiger partial charge in [-0.1, -0.05) is 60.7 Å². The maximum atomic E-state index is 13.5. The standard InChI is InChI=1S/C26H24N2O3/c29-26(15-23-22-14-25-24(30-18-31-25)13-21(22)11-12-27-23)28(16-19-7-3-1-4-8-19)17-20-9-5-2-6-10-20/h1-10,13-14H,11-12,15-18H2. The third-order valence-corrected chi connectivity index (χ3v) is 5.70. The van der Waals surface area contributed by atoms with Crippen molar-refractivity contribution in [1.29, 1.82) is 0 Å². The van der Waals surface area contributed by atoms with E-state index in [4.69, 9.17) is 14.5 Å². The van der Waals surface area contributed by atoms with Crippen LogP contribution in [0.4, 0.5) is 0 Å². The number of aliphatic imine (C=N–C) groups is 1. The molecule has 156 valence electrons. The number of benzene rings is 3. The van der Waals surface area contributed by atoms with Crippen molar-refractivity contribution in [3.8, 4) is 11.5 Å². The van der Waals surface area contributed by atoms with Crippen LogP contribution in [0.1, 0.15) is 28.7 Å². The number of hydrogen-bond donors (Lipinski definition) is 0. The number of rotatable bonds is 6. The Labute approximate surface area is 181 Å². The van der Waals surface area contributed by atoms with Crippen LogP contribution in [0.5, 0.6) is 11.5 Å². The van der Waals surface area contributed by atoms with Crippen molar-refractivity contribution < 1.29 is 14.3 Å². The molecule has 0 N–H and O–H groups in total. The van der Waals surface area contributed by atoms with Crippen molar-refractivity contribution in [2.75, 3.05) is 13.3 Å². The maximum absolute atomic E-state index is 13.5. The van der Waals surface area contributed by atoms with Gasteiger partial charge in [-0.2, -0.15) is 0 Å². The highest BCUT2D eigenvalue weighted by Gasteiger charge is 2.25. The van der Waals surface area contributed by atoms with Crippen molar-refractivity contribution in [2.24, 2.45) is 4.99 Å². The highest BCUT2D eigenvalue weighted by molar-refractivity contribution is 6.12. The van der Waals surface area contributed by atoms with Crippen LogP contribution in [0, 0.1) is 0 Å². The number of hydrogen-bond acceptors (Lipinski definition) is 4. The van der Waals surface area contributed by atoms with Gasteiger partial charge in [-0.05, 0) is 35.2 Å². The summed E-state index contributed by atoms with van der Waals surface area (Å²) in [5.74, 6) is 1.57. The number of nitrogens with zero attached hydrogens (tertiary/aromatic N) is 2. The van der Waals surface area contributed by atoms with Crippen molar-refractivity contribution in [3.63, 3.8) is 0 Å². The lowest BCUT2D eigenvalue weighted by molar-refractivity contribution is -0.131. The van der Waals surface area contributed by atoms with Crippen LogP contribution in [0.3, 0.4) is 0 Å². The molecule has 1 amide bonds. The molecule has 0 saturated carbocycles. The molecule has 0 unspecified atom stereocenters. The smallest absolute Gasteiger partial charge is 0.231 e. The molecule has 5 heteroatoms. The lowest BCUT2D eigenvalue weighted by Crippen LogP contribution is -2.32. The van der Waals surface area contributed by atoms with Crippen LogP contribution < -0.4 is 9.47 Å². The van der Waals surface area contributed by atoms with Gasteiger partial charge in [0.2, 0.25) is 12.7 Å². The SMILES string of the molecule is O=C(CC1=NCCc2cc3c(cc21)OCO3)N(Cc1ccccc1)Cc1ccccc1. The van der Waals surface area contributed by atoms with Crippen LogP contribution >= 0.6 is 0 Å². The second kappa shape index (κ2) is 8.64. The van der Waals surface area contributed by atoms with Gasteiger partial charge in [0.15, 0.2) is 11.5 Å². The Morgan fingerprint density at radius 3 is 2.13 bits per heavy atom. The highest BCUT2D eigenvalue weighted by atomic mass is 16.7. The van der Waals surface area contributed by atoms with Gasteiger partial charge in [0.25, 0.3) is 0 Å². The summed E-state index contributed by atoms with van der Waals surface area (Å²) in [6.07, 6.45) is 1.12. The van der Waals surface area contributed by atoms with E-state index in [0.29, 0.717) is 19.6 Å². The Morgan fingerprint density at radius 2 is 1.48 bits per heavy atom. The minimum absolute atomic E-state index is 0.0666. The zero-order chi connectivity index (χ0) is 21.0. The summed E-state index contributed by atoms with van der Waals surface area (Å²) in [5.41, 5.74) is 5.22. The van der Waals surface area contributed by atoms with Gasteiger partial charge >= 0.3 is 0 Å². The predicted octanol–water partition coefficient (Wildman–Crippen LogP) is 4.38. The number of carbonyl (C=O) groups excluding carboxylic acids is 1. The van der Waals surface area contributed by atoms with Crippen LogP contribution in [-0.4, -0.2) is 29.9 Å². The fraction of sp³-hybridized carbons (Fsp3) is 0.231. The number of carbonyl (C=O) groups is 1. The molecule has 0 bridgehead atoms. The summed E-state index contributed by atoms with van der Waals surface area (Å²) in [4.78, 5) is 20.1. The van der Waals surface area contributed by atoms with Gasteiger partial charge in [0, 0.05) is 25.2 Å². The third kappa shape index (κ3) is 4.31. The first kappa shape index (κ1) is 19.4. The summed E-state index contributed by atoms with van der Waals surface area (Å²) >= 11 is 0. The minimum Gasteiger partial charge on any atom is -0.454 e. The van der Waals surface area contributed by atoms with E-state index < -0.39 is 0 Å². The van der Waals surface area contributed by atoms with Crippen LogP contribution in [0.2, 0.25) is 0 Å². The fourth-order valence-electron chi connectivity index (χ4n) is 4.10. The molecule has 0 saturated heterocycles. The van der Waals surface area contributed by atoms with Crippen molar-refractivity contribution in [2.45, 2.75) is 25.9 Å². The molecule has 5 nitrogen and oxygen atoms in total. The molecular weight excluding hydrogens is 388 g/mol. The Balaban J connectivity index is 1.39. The average molecular weight is 412 g/mol. The van der Waals surface area contributed by atoms with Crippen LogP contribution in [-0.2, 0) is 24.3 Å². The van der Waals surface area contributed by atoms with E-state index in [0.717, 1.165) is 40.3 Å². The molecule has 0 atom stereocenters. The van der Waals surface area contributed by atoms with Crippen LogP contribution in [0.25, 0.3) is 0 Å². The van der Waals surface area contributed by atoms with Crippen LogP contribution in [0.15, 0.2) is 77.8 Å². The second-order valence-electron chi connectivity index (χ2n) is 7.84. The van der Waals surface area contributed by atoms with E-state index in [9.17, 15) is 4.79 Å². The molecule has 0 radical (unpaired) electrons. The molecule has 3 aromatic carbocycles. The molecule has 2 aliphatic rings. The number of amides is 1.